The SMILES string of the molecule is C=C(Cl)CNC(=O)N1CCC(C)CC1C(=O)O. The first kappa shape index (κ1) is 13.8. The maximum atomic E-state index is 11.8. The summed E-state index contributed by atoms with van der Waals surface area (Å²) in [5.74, 6) is -0.639. The minimum absolute atomic E-state index is 0.152. The largest absolute Gasteiger partial charge is 0.480 e. The molecule has 0 radical (unpaired) electrons. The highest BCUT2D eigenvalue weighted by Gasteiger charge is 2.34. The van der Waals surface area contributed by atoms with Gasteiger partial charge in [-0.1, -0.05) is 25.1 Å². The summed E-state index contributed by atoms with van der Waals surface area (Å²) in [6.07, 6.45) is 1.31. The highest BCUT2D eigenvalue weighted by molar-refractivity contribution is 6.29. The van der Waals surface area contributed by atoms with Crippen LogP contribution in [-0.4, -0.2) is 41.1 Å². The lowest BCUT2D eigenvalue weighted by molar-refractivity contribution is -0.143. The molecule has 2 atom stereocenters. The van der Waals surface area contributed by atoms with Crippen molar-refractivity contribution in [3.8, 4) is 0 Å². The van der Waals surface area contributed by atoms with Crippen LogP contribution in [0.4, 0.5) is 4.79 Å². The van der Waals surface area contributed by atoms with Crippen LogP contribution in [-0.2, 0) is 4.79 Å². The molecule has 17 heavy (non-hydrogen) atoms. The zero-order valence-corrected chi connectivity index (χ0v) is 10.5. The van der Waals surface area contributed by atoms with Crippen LogP contribution in [0.25, 0.3) is 0 Å². The van der Waals surface area contributed by atoms with Crippen LogP contribution >= 0.6 is 11.6 Å². The highest BCUT2D eigenvalue weighted by Crippen LogP contribution is 2.22. The molecule has 0 aromatic rings. The lowest BCUT2D eigenvalue weighted by Gasteiger charge is -2.35. The average Bonchev–Trinajstić information content (AvgIpc) is 2.25. The van der Waals surface area contributed by atoms with E-state index in [1.807, 2.05) is 6.92 Å². The number of hydrogen-bond acceptors (Lipinski definition) is 2. The monoisotopic (exact) mass is 260 g/mol. The normalized spacial score (nSPS) is 24.2. The number of hydrogen-bond donors (Lipinski definition) is 2. The van der Waals surface area contributed by atoms with Crippen molar-refractivity contribution in [1.82, 2.24) is 10.2 Å². The molecule has 0 aromatic heterocycles. The molecule has 2 unspecified atom stereocenters. The van der Waals surface area contributed by atoms with Gasteiger partial charge >= 0.3 is 12.0 Å². The topological polar surface area (TPSA) is 69.6 Å². The number of halogens is 1. The van der Waals surface area contributed by atoms with Gasteiger partial charge in [-0.2, -0.15) is 0 Å². The van der Waals surface area contributed by atoms with E-state index in [4.69, 9.17) is 16.7 Å². The third-order valence-electron chi connectivity index (χ3n) is 2.84. The molecule has 0 spiro atoms. The molecule has 0 saturated carbocycles. The Morgan fingerprint density at radius 1 is 1.59 bits per heavy atom. The summed E-state index contributed by atoms with van der Waals surface area (Å²) in [5, 5.41) is 11.9. The summed E-state index contributed by atoms with van der Waals surface area (Å²) < 4.78 is 0. The molecule has 0 aliphatic carbocycles. The van der Waals surface area contributed by atoms with Gasteiger partial charge < -0.3 is 15.3 Å². The molecular formula is C11H17ClN2O3. The van der Waals surface area contributed by atoms with Crippen LogP contribution in [0.3, 0.4) is 0 Å². The van der Waals surface area contributed by atoms with Crippen molar-refractivity contribution in [3.05, 3.63) is 11.6 Å². The number of nitrogens with zero attached hydrogens (tertiary/aromatic N) is 1. The molecule has 1 rings (SSSR count). The Kier molecular flexibility index (Phi) is 4.81. The number of amides is 2. The number of rotatable bonds is 3. The fourth-order valence-corrected chi connectivity index (χ4v) is 1.96. The van der Waals surface area contributed by atoms with Crippen LogP contribution in [0, 0.1) is 5.92 Å². The van der Waals surface area contributed by atoms with Gasteiger partial charge in [0.05, 0.1) is 6.54 Å². The number of likely N-dealkylation sites (tertiary alicyclic amines) is 1. The van der Waals surface area contributed by atoms with E-state index in [1.165, 1.54) is 4.90 Å². The first-order chi connectivity index (χ1) is 7.91. The fraction of sp³-hybridized carbons (Fsp3) is 0.636. The van der Waals surface area contributed by atoms with Crippen molar-refractivity contribution in [2.45, 2.75) is 25.8 Å². The smallest absolute Gasteiger partial charge is 0.326 e. The molecule has 5 nitrogen and oxygen atoms in total. The molecule has 1 heterocycles. The highest BCUT2D eigenvalue weighted by atomic mass is 35.5. The van der Waals surface area contributed by atoms with Crippen molar-refractivity contribution in [2.75, 3.05) is 13.1 Å². The van der Waals surface area contributed by atoms with Crippen molar-refractivity contribution in [2.24, 2.45) is 5.92 Å². The van der Waals surface area contributed by atoms with Crippen LogP contribution in [0.1, 0.15) is 19.8 Å². The average molecular weight is 261 g/mol. The van der Waals surface area contributed by atoms with Crippen molar-refractivity contribution >= 4 is 23.6 Å². The van der Waals surface area contributed by atoms with E-state index in [1.54, 1.807) is 0 Å². The molecule has 0 bridgehead atoms. The second kappa shape index (κ2) is 5.91. The molecule has 1 fully saturated rings. The van der Waals surface area contributed by atoms with Gasteiger partial charge in [0.25, 0.3) is 0 Å². The molecule has 0 aromatic carbocycles. The van der Waals surface area contributed by atoms with Crippen molar-refractivity contribution in [1.29, 1.82) is 0 Å². The lowest BCUT2D eigenvalue weighted by Crippen LogP contribution is -2.53. The molecular weight excluding hydrogens is 244 g/mol. The van der Waals surface area contributed by atoms with Gasteiger partial charge in [-0.3, -0.25) is 0 Å². The van der Waals surface area contributed by atoms with Gasteiger partial charge in [0.2, 0.25) is 0 Å². The van der Waals surface area contributed by atoms with Gasteiger partial charge in [-0.05, 0) is 18.8 Å². The zero-order chi connectivity index (χ0) is 13.0. The Hall–Kier alpha value is -1.23. The Morgan fingerprint density at radius 3 is 2.76 bits per heavy atom. The number of carbonyl (C=O) groups excluding carboxylic acids is 1. The number of piperidine rings is 1. The minimum atomic E-state index is -0.962. The Bertz CT molecular complexity index is 333. The molecule has 96 valence electrons. The third-order valence-corrected chi connectivity index (χ3v) is 2.98. The molecule has 2 N–H and O–H groups in total. The Labute approximate surface area is 105 Å². The number of carboxylic acid groups (broad SMARTS) is 1. The van der Waals surface area contributed by atoms with Crippen LogP contribution in [0.5, 0.6) is 0 Å². The van der Waals surface area contributed by atoms with E-state index in [0.717, 1.165) is 6.42 Å². The number of aliphatic carboxylic acids is 1. The summed E-state index contributed by atoms with van der Waals surface area (Å²) in [7, 11) is 0. The standard InChI is InChI=1S/C11H17ClN2O3/c1-7-3-4-14(9(5-7)10(15)16)11(17)13-6-8(2)12/h7,9H,2-6H2,1H3,(H,13,17)(H,15,16). The Balaban J connectivity index is 2.63. The van der Waals surface area contributed by atoms with E-state index in [0.29, 0.717) is 23.9 Å². The number of carboxylic acids is 1. The molecule has 6 heteroatoms. The summed E-state index contributed by atoms with van der Waals surface area (Å²) in [6, 6.07) is -1.14. The van der Waals surface area contributed by atoms with E-state index in [2.05, 4.69) is 11.9 Å². The van der Waals surface area contributed by atoms with Crippen LogP contribution in [0.15, 0.2) is 11.6 Å². The molecule has 1 saturated heterocycles. The van der Waals surface area contributed by atoms with E-state index >= 15 is 0 Å². The Morgan fingerprint density at radius 2 is 2.24 bits per heavy atom. The van der Waals surface area contributed by atoms with E-state index in [9.17, 15) is 9.59 Å². The minimum Gasteiger partial charge on any atom is -0.480 e. The predicted molar refractivity (Wildman–Crippen MR) is 64.9 cm³/mol. The summed E-state index contributed by atoms with van der Waals surface area (Å²) >= 11 is 5.54. The molecule has 1 aliphatic rings. The van der Waals surface area contributed by atoms with Gasteiger partial charge in [-0.15, -0.1) is 0 Å². The summed E-state index contributed by atoms with van der Waals surface area (Å²) in [5.41, 5.74) is 0. The molecule has 2 amide bonds. The first-order valence-electron chi connectivity index (χ1n) is 5.52. The van der Waals surface area contributed by atoms with Gasteiger partial charge in [0.15, 0.2) is 0 Å². The number of urea groups is 1. The quantitative estimate of drug-likeness (QED) is 0.810. The van der Waals surface area contributed by atoms with Gasteiger partial charge in [0.1, 0.15) is 6.04 Å². The zero-order valence-electron chi connectivity index (χ0n) is 9.78. The van der Waals surface area contributed by atoms with Gasteiger partial charge in [0, 0.05) is 11.6 Å². The number of nitrogens with one attached hydrogen (secondary N) is 1. The number of carbonyl (C=O) groups is 2. The van der Waals surface area contributed by atoms with Crippen LogP contribution in [0.2, 0.25) is 0 Å². The lowest BCUT2D eigenvalue weighted by atomic mass is 9.93. The second-order valence-corrected chi connectivity index (χ2v) is 4.89. The maximum absolute atomic E-state index is 11.8. The summed E-state index contributed by atoms with van der Waals surface area (Å²) in [6.45, 7) is 6.05. The van der Waals surface area contributed by atoms with Gasteiger partial charge in [-0.25, -0.2) is 9.59 Å². The molecule has 1 aliphatic heterocycles. The van der Waals surface area contributed by atoms with E-state index in [-0.39, 0.29) is 6.54 Å². The first-order valence-corrected chi connectivity index (χ1v) is 5.90. The van der Waals surface area contributed by atoms with E-state index < -0.39 is 18.0 Å². The van der Waals surface area contributed by atoms with Crippen molar-refractivity contribution < 1.29 is 14.7 Å². The van der Waals surface area contributed by atoms with Crippen molar-refractivity contribution in [3.63, 3.8) is 0 Å². The fourth-order valence-electron chi connectivity index (χ4n) is 1.89. The second-order valence-electron chi connectivity index (χ2n) is 4.35. The predicted octanol–water partition coefficient (Wildman–Crippen LogP) is 1.63. The maximum Gasteiger partial charge on any atom is 0.326 e. The summed E-state index contributed by atoms with van der Waals surface area (Å²) in [4.78, 5) is 24.2. The van der Waals surface area contributed by atoms with Crippen LogP contribution < -0.4 is 5.32 Å². The third kappa shape index (κ3) is 3.93.